The van der Waals surface area contributed by atoms with E-state index in [-0.39, 0.29) is 0 Å². The first kappa shape index (κ1) is 33.8. The summed E-state index contributed by atoms with van der Waals surface area (Å²) in [5, 5.41) is 70.3. The third-order valence-corrected chi connectivity index (χ3v) is 7.49. The first-order valence-corrected chi connectivity index (χ1v) is 14.6. The SMILES string of the molecule is CCCCCCCCCCCCCCCO[C@@H]1O[C@H](CO)[C@@H](O[C@@H]2O[C@H](CO)[C@H](O)[C@H](O)[C@H]2O)[C@H](O)[C@H]1O. The largest absolute Gasteiger partial charge is 0.394 e. The highest BCUT2D eigenvalue weighted by atomic mass is 16.7. The Morgan fingerprint density at radius 1 is 0.526 bits per heavy atom. The third kappa shape index (κ3) is 10.5. The van der Waals surface area contributed by atoms with Crippen LogP contribution in [-0.2, 0) is 18.9 Å². The Morgan fingerprint density at radius 3 is 1.53 bits per heavy atom. The summed E-state index contributed by atoms with van der Waals surface area (Å²) in [5.74, 6) is 0. The molecule has 38 heavy (non-hydrogen) atoms. The standard InChI is InChI=1S/C27H52O11/c1-2-3-4-5-6-7-8-9-10-11-12-13-14-15-35-26-24(34)22(32)25(19(17-29)37-26)38-27-23(33)21(31)20(30)18(16-28)36-27/h18-34H,2-17H2,1H3/t18-,19-,20+,21+,22-,23-,24-,25-,26-,27+/m1/s1. The van der Waals surface area contributed by atoms with E-state index in [2.05, 4.69) is 6.92 Å². The first-order chi connectivity index (χ1) is 18.3. The van der Waals surface area contributed by atoms with Crippen LogP contribution in [0.4, 0.5) is 0 Å². The third-order valence-electron chi connectivity index (χ3n) is 7.49. The summed E-state index contributed by atoms with van der Waals surface area (Å²) in [6.45, 7) is 1.34. The van der Waals surface area contributed by atoms with E-state index in [4.69, 9.17) is 18.9 Å². The second-order valence-electron chi connectivity index (χ2n) is 10.6. The number of rotatable bonds is 19. The molecule has 226 valence electrons. The summed E-state index contributed by atoms with van der Waals surface area (Å²) in [6.07, 6.45) is 1.56. The van der Waals surface area contributed by atoms with Crippen molar-refractivity contribution < 1.29 is 54.7 Å². The van der Waals surface area contributed by atoms with Crippen LogP contribution in [0.1, 0.15) is 90.4 Å². The van der Waals surface area contributed by atoms with Crippen LogP contribution in [0.15, 0.2) is 0 Å². The number of unbranched alkanes of at least 4 members (excludes halogenated alkanes) is 12. The fraction of sp³-hybridized carbons (Fsp3) is 1.00. The van der Waals surface area contributed by atoms with E-state index in [0.29, 0.717) is 6.61 Å². The van der Waals surface area contributed by atoms with E-state index in [1.54, 1.807) is 0 Å². The fourth-order valence-electron chi connectivity index (χ4n) is 5.01. The molecule has 11 heteroatoms. The molecule has 0 bridgehead atoms. The maximum absolute atomic E-state index is 10.6. The predicted molar refractivity (Wildman–Crippen MR) is 138 cm³/mol. The van der Waals surface area contributed by atoms with E-state index in [9.17, 15) is 35.7 Å². The molecule has 7 N–H and O–H groups in total. The van der Waals surface area contributed by atoms with Gasteiger partial charge in [-0.05, 0) is 6.42 Å². The molecule has 0 amide bonds. The Bertz CT molecular complexity index is 593. The van der Waals surface area contributed by atoms with Crippen molar-refractivity contribution in [3.05, 3.63) is 0 Å². The number of hydrogen-bond donors (Lipinski definition) is 7. The zero-order chi connectivity index (χ0) is 27.9. The van der Waals surface area contributed by atoms with E-state index in [1.165, 1.54) is 64.2 Å². The molecule has 0 aliphatic carbocycles. The van der Waals surface area contributed by atoms with Crippen LogP contribution >= 0.6 is 0 Å². The predicted octanol–water partition coefficient (Wildman–Crippen LogP) is 0.718. The van der Waals surface area contributed by atoms with Gasteiger partial charge >= 0.3 is 0 Å². The molecule has 2 aliphatic heterocycles. The van der Waals surface area contributed by atoms with Crippen LogP contribution in [0.3, 0.4) is 0 Å². The van der Waals surface area contributed by atoms with Crippen molar-refractivity contribution in [2.45, 2.75) is 152 Å². The Morgan fingerprint density at radius 2 is 1.00 bits per heavy atom. The number of aliphatic hydroxyl groups excluding tert-OH is 7. The van der Waals surface area contributed by atoms with Gasteiger partial charge in [-0.15, -0.1) is 0 Å². The minimum absolute atomic E-state index is 0.322. The molecule has 11 nitrogen and oxygen atoms in total. The summed E-state index contributed by atoms with van der Waals surface area (Å²) < 4.78 is 22.1. The van der Waals surface area contributed by atoms with Gasteiger partial charge in [0.2, 0.25) is 0 Å². The lowest BCUT2D eigenvalue weighted by atomic mass is 9.97. The number of hydrogen-bond acceptors (Lipinski definition) is 11. The first-order valence-electron chi connectivity index (χ1n) is 14.6. The van der Waals surface area contributed by atoms with Gasteiger partial charge in [0.25, 0.3) is 0 Å². The molecule has 0 aromatic heterocycles. The summed E-state index contributed by atoms with van der Waals surface area (Å²) >= 11 is 0. The molecule has 2 aliphatic rings. The van der Waals surface area contributed by atoms with Gasteiger partial charge in [0.1, 0.15) is 48.8 Å². The lowest BCUT2D eigenvalue weighted by Crippen LogP contribution is -2.64. The van der Waals surface area contributed by atoms with Crippen LogP contribution < -0.4 is 0 Å². The molecule has 2 heterocycles. The van der Waals surface area contributed by atoms with Gasteiger partial charge in [-0.1, -0.05) is 84.0 Å². The van der Waals surface area contributed by atoms with E-state index in [0.717, 1.165) is 19.3 Å². The van der Waals surface area contributed by atoms with Gasteiger partial charge in [0, 0.05) is 6.61 Å². The quantitative estimate of drug-likeness (QED) is 0.112. The van der Waals surface area contributed by atoms with Crippen LogP contribution in [0.25, 0.3) is 0 Å². The van der Waals surface area contributed by atoms with Gasteiger partial charge in [0.15, 0.2) is 12.6 Å². The highest BCUT2D eigenvalue weighted by Crippen LogP contribution is 2.29. The lowest BCUT2D eigenvalue weighted by Gasteiger charge is -2.45. The minimum atomic E-state index is -1.69. The molecule has 0 aromatic carbocycles. The zero-order valence-electron chi connectivity index (χ0n) is 22.9. The van der Waals surface area contributed by atoms with Crippen LogP contribution in [-0.4, -0.2) is 117 Å². The van der Waals surface area contributed by atoms with Crippen molar-refractivity contribution in [2.75, 3.05) is 19.8 Å². The highest BCUT2D eigenvalue weighted by Gasteiger charge is 2.50. The smallest absolute Gasteiger partial charge is 0.187 e. The number of aliphatic hydroxyl groups is 7. The average molecular weight is 553 g/mol. The van der Waals surface area contributed by atoms with Crippen LogP contribution in [0, 0.1) is 0 Å². The molecule has 2 rings (SSSR count). The zero-order valence-corrected chi connectivity index (χ0v) is 22.9. The molecule has 2 fully saturated rings. The van der Waals surface area contributed by atoms with Crippen LogP contribution in [0.2, 0.25) is 0 Å². The van der Waals surface area contributed by atoms with Gasteiger partial charge in [-0.3, -0.25) is 0 Å². The Balaban J connectivity index is 1.64. The van der Waals surface area contributed by atoms with Crippen molar-refractivity contribution in [3.63, 3.8) is 0 Å². The molecular weight excluding hydrogens is 500 g/mol. The molecular formula is C27H52O11. The lowest BCUT2D eigenvalue weighted by molar-refractivity contribution is -0.359. The minimum Gasteiger partial charge on any atom is -0.394 e. The monoisotopic (exact) mass is 552 g/mol. The summed E-state index contributed by atoms with van der Waals surface area (Å²) in [6, 6.07) is 0. The summed E-state index contributed by atoms with van der Waals surface area (Å²) in [7, 11) is 0. The normalized spacial score (nSPS) is 36.0. The summed E-state index contributed by atoms with van der Waals surface area (Å²) in [5.41, 5.74) is 0. The van der Waals surface area contributed by atoms with Gasteiger partial charge in [0.05, 0.1) is 13.2 Å². The number of ether oxygens (including phenoxy) is 4. The van der Waals surface area contributed by atoms with Crippen molar-refractivity contribution in [3.8, 4) is 0 Å². The van der Waals surface area contributed by atoms with Crippen molar-refractivity contribution in [1.29, 1.82) is 0 Å². The Labute approximate surface area is 226 Å². The highest BCUT2D eigenvalue weighted by molar-refractivity contribution is 4.94. The van der Waals surface area contributed by atoms with Crippen molar-refractivity contribution >= 4 is 0 Å². The molecule has 0 unspecified atom stereocenters. The fourth-order valence-corrected chi connectivity index (χ4v) is 5.01. The molecule has 0 spiro atoms. The van der Waals surface area contributed by atoms with Gasteiger partial charge < -0.3 is 54.7 Å². The molecule has 0 aromatic rings. The van der Waals surface area contributed by atoms with E-state index < -0.39 is 74.6 Å². The average Bonchev–Trinajstić information content (AvgIpc) is 2.92. The van der Waals surface area contributed by atoms with Crippen molar-refractivity contribution in [2.24, 2.45) is 0 Å². The second-order valence-corrected chi connectivity index (χ2v) is 10.6. The van der Waals surface area contributed by atoms with Crippen LogP contribution in [0.5, 0.6) is 0 Å². The van der Waals surface area contributed by atoms with Crippen molar-refractivity contribution in [1.82, 2.24) is 0 Å². The molecule has 10 atom stereocenters. The van der Waals surface area contributed by atoms with E-state index >= 15 is 0 Å². The maximum Gasteiger partial charge on any atom is 0.187 e. The van der Waals surface area contributed by atoms with Gasteiger partial charge in [-0.25, -0.2) is 0 Å². The maximum atomic E-state index is 10.6. The second kappa shape index (κ2) is 18.8. The van der Waals surface area contributed by atoms with Gasteiger partial charge in [-0.2, -0.15) is 0 Å². The summed E-state index contributed by atoms with van der Waals surface area (Å²) in [4.78, 5) is 0. The molecule has 0 saturated carbocycles. The Hall–Kier alpha value is -0.440. The topological polar surface area (TPSA) is 179 Å². The molecule has 0 radical (unpaired) electrons. The Kier molecular flexibility index (Phi) is 16.7. The van der Waals surface area contributed by atoms with E-state index in [1.807, 2.05) is 0 Å². The molecule has 2 saturated heterocycles.